The van der Waals surface area contributed by atoms with Gasteiger partial charge in [0.05, 0.1) is 11.0 Å². The molecular formula is C20H24FN3O2S2. The standard InChI is InChI=1S/C20H24FN3O2S2/c1-15(28-14-19(25)22-17-6-4-16(21)5-7-17)20(26)24-10-8-23(9-11-24)13-18-3-2-12-27-18/h2-7,12,15H,8-11,13-14H2,1H3,(H,22,25). The van der Waals surface area contributed by atoms with Gasteiger partial charge in [0.25, 0.3) is 0 Å². The fraction of sp³-hybridized carbons (Fsp3) is 0.400. The smallest absolute Gasteiger partial charge is 0.235 e. The molecule has 5 nitrogen and oxygen atoms in total. The maximum Gasteiger partial charge on any atom is 0.235 e. The summed E-state index contributed by atoms with van der Waals surface area (Å²) in [4.78, 5) is 30.3. The monoisotopic (exact) mass is 421 g/mol. The summed E-state index contributed by atoms with van der Waals surface area (Å²) in [6.07, 6.45) is 0. The third-order valence-electron chi connectivity index (χ3n) is 4.58. The molecule has 8 heteroatoms. The van der Waals surface area contributed by atoms with Crippen molar-refractivity contribution in [2.75, 3.05) is 37.2 Å². The number of hydrogen-bond acceptors (Lipinski definition) is 5. The zero-order valence-electron chi connectivity index (χ0n) is 15.8. The van der Waals surface area contributed by atoms with E-state index in [0.29, 0.717) is 5.69 Å². The van der Waals surface area contributed by atoms with Gasteiger partial charge in [-0.1, -0.05) is 6.07 Å². The number of thiophene rings is 1. The number of benzene rings is 1. The molecule has 1 unspecified atom stereocenters. The van der Waals surface area contributed by atoms with Crippen LogP contribution in [0.4, 0.5) is 10.1 Å². The highest BCUT2D eigenvalue weighted by atomic mass is 32.2. The molecule has 28 heavy (non-hydrogen) atoms. The quantitative estimate of drug-likeness (QED) is 0.745. The van der Waals surface area contributed by atoms with Crippen LogP contribution in [0, 0.1) is 5.82 Å². The van der Waals surface area contributed by atoms with Crippen LogP contribution in [0.3, 0.4) is 0 Å². The van der Waals surface area contributed by atoms with Gasteiger partial charge in [0.2, 0.25) is 11.8 Å². The van der Waals surface area contributed by atoms with Crippen LogP contribution in [0.5, 0.6) is 0 Å². The molecule has 1 aliphatic heterocycles. The van der Waals surface area contributed by atoms with E-state index in [4.69, 9.17) is 0 Å². The van der Waals surface area contributed by atoms with Gasteiger partial charge < -0.3 is 10.2 Å². The molecule has 2 aromatic rings. The van der Waals surface area contributed by atoms with Crippen LogP contribution in [-0.4, -0.2) is 58.8 Å². The second-order valence-corrected chi connectivity index (χ2v) is 9.05. The molecule has 0 radical (unpaired) electrons. The van der Waals surface area contributed by atoms with Gasteiger partial charge in [0.1, 0.15) is 5.82 Å². The van der Waals surface area contributed by atoms with Gasteiger partial charge in [-0.3, -0.25) is 14.5 Å². The van der Waals surface area contributed by atoms with E-state index in [2.05, 4.69) is 27.7 Å². The first-order valence-electron chi connectivity index (χ1n) is 9.22. The van der Waals surface area contributed by atoms with Crippen LogP contribution in [0.25, 0.3) is 0 Å². The number of hydrogen-bond donors (Lipinski definition) is 1. The fourth-order valence-corrected chi connectivity index (χ4v) is 4.52. The number of rotatable bonds is 7. The molecule has 1 fully saturated rings. The lowest BCUT2D eigenvalue weighted by Gasteiger charge is -2.35. The number of piperazine rings is 1. The second kappa shape index (κ2) is 10.0. The van der Waals surface area contributed by atoms with E-state index in [1.165, 1.54) is 40.9 Å². The van der Waals surface area contributed by atoms with Crippen molar-refractivity contribution in [1.82, 2.24) is 9.80 Å². The Morgan fingerprint density at radius 1 is 1.18 bits per heavy atom. The SMILES string of the molecule is CC(SCC(=O)Nc1ccc(F)cc1)C(=O)N1CCN(Cc2cccs2)CC1. The number of thioether (sulfide) groups is 1. The topological polar surface area (TPSA) is 52.7 Å². The Labute approximate surface area is 172 Å². The van der Waals surface area contributed by atoms with E-state index in [-0.39, 0.29) is 28.6 Å². The molecule has 1 saturated heterocycles. The lowest BCUT2D eigenvalue weighted by atomic mass is 10.2. The van der Waals surface area contributed by atoms with E-state index in [1.54, 1.807) is 11.3 Å². The fourth-order valence-electron chi connectivity index (χ4n) is 3.01. The Kier molecular flexibility index (Phi) is 7.47. The number of carbonyl (C=O) groups excluding carboxylic acids is 2. The van der Waals surface area contributed by atoms with E-state index in [0.717, 1.165) is 32.7 Å². The van der Waals surface area contributed by atoms with Crippen LogP contribution in [0.2, 0.25) is 0 Å². The molecule has 2 heterocycles. The minimum atomic E-state index is -0.345. The van der Waals surface area contributed by atoms with E-state index >= 15 is 0 Å². The molecular weight excluding hydrogens is 397 g/mol. The third-order valence-corrected chi connectivity index (χ3v) is 6.58. The largest absolute Gasteiger partial charge is 0.339 e. The zero-order chi connectivity index (χ0) is 19.9. The number of halogens is 1. The molecule has 1 atom stereocenters. The van der Waals surface area contributed by atoms with E-state index in [9.17, 15) is 14.0 Å². The minimum Gasteiger partial charge on any atom is -0.339 e. The maximum atomic E-state index is 12.9. The van der Waals surface area contributed by atoms with E-state index in [1.807, 2.05) is 11.8 Å². The predicted molar refractivity (Wildman–Crippen MR) is 113 cm³/mol. The summed E-state index contributed by atoms with van der Waals surface area (Å²) in [7, 11) is 0. The van der Waals surface area contributed by atoms with Crippen LogP contribution >= 0.6 is 23.1 Å². The van der Waals surface area contributed by atoms with E-state index < -0.39 is 0 Å². The number of nitrogens with one attached hydrogen (secondary N) is 1. The van der Waals surface area contributed by atoms with Crippen molar-refractivity contribution in [3.8, 4) is 0 Å². The molecule has 2 amide bonds. The normalized spacial score (nSPS) is 16.0. The molecule has 0 aliphatic carbocycles. The molecule has 150 valence electrons. The lowest BCUT2D eigenvalue weighted by Crippen LogP contribution is -2.50. The summed E-state index contributed by atoms with van der Waals surface area (Å²) in [6, 6.07) is 9.83. The van der Waals surface area contributed by atoms with Crippen molar-refractivity contribution in [1.29, 1.82) is 0 Å². The van der Waals surface area contributed by atoms with Gasteiger partial charge in [0, 0.05) is 43.3 Å². The van der Waals surface area contributed by atoms with Crippen LogP contribution < -0.4 is 5.32 Å². The maximum absolute atomic E-state index is 12.9. The Morgan fingerprint density at radius 2 is 1.89 bits per heavy atom. The summed E-state index contributed by atoms with van der Waals surface area (Å²) in [5.74, 6) is -0.280. The highest BCUT2D eigenvalue weighted by Crippen LogP contribution is 2.18. The van der Waals surface area contributed by atoms with Gasteiger partial charge >= 0.3 is 0 Å². The van der Waals surface area contributed by atoms with Crippen molar-refractivity contribution >= 4 is 40.6 Å². The van der Waals surface area contributed by atoms with Crippen molar-refractivity contribution < 1.29 is 14.0 Å². The van der Waals surface area contributed by atoms with Crippen molar-refractivity contribution in [3.63, 3.8) is 0 Å². The summed E-state index contributed by atoms with van der Waals surface area (Å²) < 4.78 is 12.9. The summed E-state index contributed by atoms with van der Waals surface area (Å²) >= 11 is 3.08. The Bertz CT molecular complexity index is 775. The van der Waals surface area contributed by atoms with Crippen LogP contribution in [0.15, 0.2) is 41.8 Å². The molecule has 0 bridgehead atoms. The van der Waals surface area contributed by atoms with Gasteiger partial charge in [0.15, 0.2) is 0 Å². The third kappa shape index (κ3) is 6.05. The molecule has 1 aromatic heterocycles. The number of anilines is 1. The zero-order valence-corrected chi connectivity index (χ0v) is 17.4. The van der Waals surface area contributed by atoms with Crippen molar-refractivity contribution in [2.24, 2.45) is 0 Å². The first-order chi connectivity index (χ1) is 13.5. The number of amides is 2. The average molecular weight is 422 g/mol. The second-order valence-electron chi connectivity index (χ2n) is 6.69. The Balaban J connectivity index is 1.38. The summed E-state index contributed by atoms with van der Waals surface area (Å²) in [5.41, 5.74) is 0.549. The molecule has 1 N–H and O–H groups in total. The van der Waals surface area contributed by atoms with Crippen molar-refractivity contribution in [2.45, 2.75) is 18.7 Å². The van der Waals surface area contributed by atoms with Gasteiger partial charge in [-0.15, -0.1) is 23.1 Å². The minimum absolute atomic E-state index is 0.0790. The number of nitrogens with zero attached hydrogens (tertiary/aromatic N) is 2. The number of carbonyl (C=O) groups is 2. The molecule has 0 spiro atoms. The van der Waals surface area contributed by atoms with Gasteiger partial charge in [-0.05, 0) is 42.6 Å². The molecule has 1 aliphatic rings. The Hall–Kier alpha value is -1.90. The lowest BCUT2D eigenvalue weighted by molar-refractivity contribution is -0.132. The molecule has 0 saturated carbocycles. The first-order valence-corrected chi connectivity index (χ1v) is 11.1. The predicted octanol–water partition coefficient (Wildman–Crippen LogP) is 3.29. The summed E-state index contributed by atoms with van der Waals surface area (Å²) in [6.45, 7) is 5.95. The average Bonchev–Trinajstić information content (AvgIpc) is 3.21. The molecule has 3 rings (SSSR count). The van der Waals surface area contributed by atoms with Gasteiger partial charge in [-0.25, -0.2) is 4.39 Å². The summed E-state index contributed by atoms with van der Waals surface area (Å²) in [5, 5.41) is 4.52. The van der Waals surface area contributed by atoms with Gasteiger partial charge in [-0.2, -0.15) is 0 Å². The molecule has 1 aromatic carbocycles. The first kappa shape index (κ1) is 20.8. The van der Waals surface area contributed by atoms with Crippen LogP contribution in [0.1, 0.15) is 11.8 Å². The van der Waals surface area contributed by atoms with Crippen LogP contribution in [-0.2, 0) is 16.1 Å². The Morgan fingerprint density at radius 3 is 2.54 bits per heavy atom. The van der Waals surface area contributed by atoms with Crippen molar-refractivity contribution in [3.05, 3.63) is 52.5 Å². The highest BCUT2D eigenvalue weighted by Gasteiger charge is 2.25. The highest BCUT2D eigenvalue weighted by molar-refractivity contribution is 8.01.